The lowest BCUT2D eigenvalue weighted by Crippen LogP contribution is -2.32. The summed E-state index contributed by atoms with van der Waals surface area (Å²) in [7, 11) is 3.59. The molecule has 120 valence electrons. The fourth-order valence-electron chi connectivity index (χ4n) is 2.44. The molecule has 0 aliphatic carbocycles. The number of aryl methyl sites for hydroxylation is 2. The number of hydrogen-bond donors (Lipinski definition) is 2. The first-order valence-corrected chi connectivity index (χ1v) is 7.55. The third-order valence-corrected chi connectivity index (χ3v) is 3.79. The Hall–Kier alpha value is -1.92. The number of methoxy groups -OCH3 is 1. The van der Waals surface area contributed by atoms with Crippen LogP contribution in [0.4, 0.5) is 0 Å². The van der Waals surface area contributed by atoms with Gasteiger partial charge in [-0.25, -0.2) is 4.98 Å². The maximum absolute atomic E-state index is 11.7. The summed E-state index contributed by atoms with van der Waals surface area (Å²) >= 11 is 0. The molecule has 2 aromatic rings. The number of fused-ring (bicyclic) bond motifs is 1. The lowest BCUT2D eigenvalue weighted by atomic mass is 10.2. The Bertz CT molecular complexity index is 620. The van der Waals surface area contributed by atoms with E-state index >= 15 is 0 Å². The second-order valence-electron chi connectivity index (χ2n) is 5.33. The van der Waals surface area contributed by atoms with E-state index in [1.807, 2.05) is 25.2 Å². The Morgan fingerprint density at radius 3 is 2.91 bits per heavy atom. The van der Waals surface area contributed by atoms with Crippen molar-refractivity contribution in [2.45, 2.75) is 25.4 Å². The molecule has 1 aromatic carbocycles. The van der Waals surface area contributed by atoms with Gasteiger partial charge in [-0.2, -0.15) is 0 Å². The number of nitrogens with one attached hydrogen (secondary N) is 1. The van der Waals surface area contributed by atoms with E-state index in [-0.39, 0.29) is 12.0 Å². The van der Waals surface area contributed by atoms with E-state index in [4.69, 9.17) is 10.5 Å². The number of imidazole rings is 1. The third-order valence-electron chi connectivity index (χ3n) is 3.79. The maximum Gasteiger partial charge on any atom is 0.222 e. The van der Waals surface area contributed by atoms with Crippen LogP contribution in [0.15, 0.2) is 24.3 Å². The molecule has 0 fully saturated rings. The van der Waals surface area contributed by atoms with E-state index in [9.17, 15) is 4.79 Å². The zero-order chi connectivity index (χ0) is 15.9. The number of amides is 1. The van der Waals surface area contributed by atoms with Gasteiger partial charge in [0.2, 0.25) is 5.91 Å². The Labute approximate surface area is 130 Å². The number of hydrogen-bond acceptors (Lipinski definition) is 4. The molecule has 1 atom stereocenters. The summed E-state index contributed by atoms with van der Waals surface area (Å²) in [4.78, 5) is 16.3. The van der Waals surface area contributed by atoms with Crippen molar-refractivity contribution >= 4 is 16.9 Å². The van der Waals surface area contributed by atoms with Gasteiger partial charge >= 0.3 is 0 Å². The van der Waals surface area contributed by atoms with Gasteiger partial charge in [0, 0.05) is 33.7 Å². The lowest BCUT2D eigenvalue weighted by molar-refractivity contribution is -0.123. The largest absolute Gasteiger partial charge is 0.380 e. The molecule has 1 amide bonds. The summed E-state index contributed by atoms with van der Waals surface area (Å²) in [6.45, 7) is 0.979. The standard InChI is InChI=1S/C16H24N4O2/c1-20-14-7-4-3-6-13(14)19-15(20)8-5-9-18-16(21)10-12(11-17)22-2/h3-4,6-7,12H,5,8-11,17H2,1-2H3,(H,18,21). The van der Waals surface area contributed by atoms with E-state index in [0.717, 1.165) is 29.7 Å². The van der Waals surface area contributed by atoms with E-state index in [0.29, 0.717) is 19.5 Å². The molecule has 3 N–H and O–H groups in total. The van der Waals surface area contributed by atoms with Crippen LogP contribution in [0.25, 0.3) is 11.0 Å². The van der Waals surface area contributed by atoms with Gasteiger partial charge in [0.05, 0.1) is 23.6 Å². The maximum atomic E-state index is 11.7. The number of carbonyl (C=O) groups excluding carboxylic acids is 1. The molecule has 6 heteroatoms. The van der Waals surface area contributed by atoms with Crippen molar-refractivity contribution in [3.8, 4) is 0 Å². The first-order chi connectivity index (χ1) is 10.7. The van der Waals surface area contributed by atoms with E-state index in [1.165, 1.54) is 0 Å². The average molecular weight is 304 g/mol. The minimum atomic E-state index is -0.208. The third kappa shape index (κ3) is 4.05. The molecular weight excluding hydrogens is 280 g/mol. The smallest absolute Gasteiger partial charge is 0.222 e. The van der Waals surface area contributed by atoms with Crippen molar-refractivity contribution in [3.05, 3.63) is 30.1 Å². The SMILES string of the molecule is COC(CN)CC(=O)NCCCc1nc2ccccc2n1C. The molecule has 0 saturated heterocycles. The van der Waals surface area contributed by atoms with Gasteiger partial charge in [-0.1, -0.05) is 12.1 Å². The molecule has 0 aliphatic heterocycles. The van der Waals surface area contributed by atoms with Crippen LogP contribution in [0.3, 0.4) is 0 Å². The van der Waals surface area contributed by atoms with Gasteiger partial charge in [0.1, 0.15) is 5.82 Å². The highest BCUT2D eigenvalue weighted by molar-refractivity contribution is 5.76. The Balaban J connectivity index is 1.78. The van der Waals surface area contributed by atoms with Crippen LogP contribution in [-0.4, -0.2) is 41.8 Å². The number of ether oxygens (including phenoxy) is 1. The second-order valence-corrected chi connectivity index (χ2v) is 5.33. The molecule has 0 aliphatic rings. The van der Waals surface area contributed by atoms with Gasteiger partial charge in [0.15, 0.2) is 0 Å². The molecule has 0 bridgehead atoms. The summed E-state index contributed by atoms with van der Waals surface area (Å²) < 4.78 is 7.20. The summed E-state index contributed by atoms with van der Waals surface area (Å²) in [5.74, 6) is 1.01. The van der Waals surface area contributed by atoms with Crippen molar-refractivity contribution in [1.82, 2.24) is 14.9 Å². The molecule has 2 rings (SSSR count). The summed E-state index contributed by atoms with van der Waals surface area (Å²) in [5.41, 5.74) is 7.64. The van der Waals surface area contributed by atoms with Crippen molar-refractivity contribution in [2.24, 2.45) is 12.8 Å². The van der Waals surface area contributed by atoms with E-state index < -0.39 is 0 Å². The molecular formula is C16H24N4O2. The molecule has 0 saturated carbocycles. The van der Waals surface area contributed by atoms with Gasteiger partial charge in [-0.15, -0.1) is 0 Å². The fourth-order valence-corrected chi connectivity index (χ4v) is 2.44. The van der Waals surface area contributed by atoms with E-state index in [1.54, 1.807) is 7.11 Å². The minimum Gasteiger partial charge on any atom is -0.380 e. The lowest BCUT2D eigenvalue weighted by Gasteiger charge is -2.12. The topological polar surface area (TPSA) is 82.2 Å². The predicted molar refractivity (Wildman–Crippen MR) is 86.5 cm³/mol. The Morgan fingerprint density at radius 2 is 2.23 bits per heavy atom. The summed E-state index contributed by atoms with van der Waals surface area (Å²) in [5, 5.41) is 2.89. The highest BCUT2D eigenvalue weighted by atomic mass is 16.5. The minimum absolute atomic E-state index is 0.0256. The predicted octanol–water partition coefficient (Wildman–Crippen LogP) is 0.986. The normalized spacial score (nSPS) is 12.5. The van der Waals surface area contributed by atoms with Crippen LogP contribution in [0.5, 0.6) is 0 Å². The van der Waals surface area contributed by atoms with Crippen LogP contribution >= 0.6 is 0 Å². The average Bonchev–Trinajstić information content (AvgIpc) is 2.86. The quantitative estimate of drug-likeness (QED) is 0.712. The number of nitrogens with two attached hydrogens (primary N) is 1. The number of benzene rings is 1. The first kappa shape index (κ1) is 16.5. The van der Waals surface area contributed by atoms with Crippen LogP contribution in [0.2, 0.25) is 0 Å². The first-order valence-electron chi connectivity index (χ1n) is 7.55. The molecule has 0 spiro atoms. The van der Waals surface area contributed by atoms with Crippen LogP contribution < -0.4 is 11.1 Å². The van der Waals surface area contributed by atoms with E-state index in [2.05, 4.69) is 20.9 Å². The number of carbonyl (C=O) groups is 1. The molecule has 1 unspecified atom stereocenters. The second kappa shape index (κ2) is 7.91. The van der Waals surface area contributed by atoms with Crippen molar-refractivity contribution in [1.29, 1.82) is 0 Å². The monoisotopic (exact) mass is 304 g/mol. The van der Waals surface area contributed by atoms with Crippen LogP contribution in [0.1, 0.15) is 18.7 Å². The molecule has 0 radical (unpaired) electrons. The molecule has 1 heterocycles. The number of para-hydroxylation sites is 2. The fraction of sp³-hybridized carbons (Fsp3) is 0.500. The summed E-state index contributed by atoms with van der Waals surface area (Å²) in [6, 6.07) is 8.07. The number of aromatic nitrogens is 2. The molecule has 22 heavy (non-hydrogen) atoms. The highest BCUT2D eigenvalue weighted by Crippen LogP contribution is 2.14. The van der Waals surface area contributed by atoms with Gasteiger partial charge in [-0.05, 0) is 18.6 Å². The van der Waals surface area contributed by atoms with Crippen molar-refractivity contribution in [3.63, 3.8) is 0 Å². The Kier molecular flexibility index (Phi) is 5.91. The van der Waals surface area contributed by atoms with Crippen LogP contribution in [-0.2, 0) is 23.0 Å². The summed E-state index contributed by atoms with van der Waals surface area (Å²) in [6.07, 6.45) is 1.78. The highest BCUT2D eigenvalue weighted by Gasteiger charge is 2.11. The molecule has 6 nitrogen and oxygen atoms in total. The zero-order valence-electron chi connectivity index (χ0n) is 13.2. The van der Waals surface area contributed by atoms with Gasteiger partial charge < -0.3 is 20.4 Å². The molecule has 1 aromatic heterocycles. The van der Waals surface area contributed by atoms with Gasteiger partial charge in [0.25, 0.3) is 0 Å². The number of rotatable bonds is 8. The number of nitrogens with zero attached hydrogens (tertiary/aromatic N) is 2. The van der Waals surface area contributed by atoms with Crippen molar-refractivity contribution in [2.75, 3.05) is 20.2 Å². The van der Waals surface area contributed by atoms with Gasteiger partial charge in [-0.3, -0.25) is 4.79 Å². The Morgan fingerprint density at radius 1 is 1.45 bits per heavy atom. The van der Waals surface area contributed by atoms with Crippen molar-refractivity contribution < 1.29 is 9.53 Å². The zero-order valence-corrected chi connectivity index (χ0v) is 13.2. The van der Waals surface area contributed by atoms with Crippen LogP contribution in [0, 0.1) is 0 Å².